The number of para-hydroxylation sites is 1. The van der Waals surface area contributed by atoms with Crippen LogP contribution < -0.4 is 5.73 Å². The number of hydrogen-bond donors (Lipinski definition) is 1. The lowest BCUT2D eigenvalue weighted by molar-refractivity contribution is 1.36. The van der Waals surface area contributed by atoms with Gasteiger partial charge in [-0.3, -0.25) is 0 Å². The average molecular weight is 223 g/mol. The number of nitrogens with two attached hydrogens (primary N) is 1. The van der Waals surface area contributed by atoms with Crippen LogP contribution in [0.3, 0.4) is 0 Å². The Labute approximate surface area is 103 Å². The predicted octanol–water partition coefficient (Wildman–Crippen LogP) is 3.95. The first-order chi connectivity index (χ1) is 8.09. The SMILES string of the molecule is C=C(c1cc(C)ccc1C)c1ccccc1N. The molecule has 0 fully saturated rings. The molecule has 0 radical (unpaired) electrons. The topological polar surface area (TPSA) is 26.0 Å². The van der Waals surface area contributed by atoms with Crippen molar-refractivity contribution in [2.45, 2.75) is 13.8 Å². The van der Waals surface area contributed by atoms with E-state index in [9.17, 15) is 0 Å². The minimum Gasteiger partial charge on any atom is -0.398 e. The molecule has 1 nitrogen and oxygen atoms in total. The van der Waals surface area contributed by atoms with E-state index in [2.05, 4.69) is 38.6 Å². The molecule has 0 saturated carbocycles. The number of nitrogen functional groups attached to an aromatic ring is 1. The van der Waals surface area contributed by atoms with E-state index in [-0.39, 0.29) is 0 Å². The van der Waals surface area contributed by atoms with Crippen molar-refractivity contribution in [3.05, 3.63) is 71.3 Å². The van der Waals surface area contributed by atoms with Crippen LogP contribution in [0.4, 0.5) is 5.69 Å². The molecular formula is C16H17N. The van der Waals surface area contributed by atoms with Gasteiger partial charge in [0, 0.05) is 11.3 Å². The molecule has 0 atom stereocenters. The van der Waals surface area contributed by atoms with E-state index in [1.807, 2.05) is 24.3 Å². The minimum atomic E-state index is 0.776. The predicted molar refractivity (Wildman–Crippen MR) is 74.9 cm³/mol. The van der Waals surface area contributed by atoms with Gasteiger partial charge in [-0.2, -0.15) is 0 Å². The van der Waals surface area contributed by atoms with Crippen molar-refractivity contribution in [2.24, 2.45) is 0 Å². The van der Waals surface area contributed by atoms with Crippen molar-refractivity contribution in [2.75, 3.05) is 5.73 Å². The van der Waals surface area contributed by atoms with Gasteiger partial charge in [-0.05, 0) is 36.6 Å². The van der Waals surface area contributed by atoms with E-state index in [0.29, 0.717) is 0 Å². The highest BCUT2D eigenvalue weighted by molar-refractivity contribution is 5.85. The van der Waals surface area contributed by atoms with Crippen LogP contribution in [0.25, 0.3) is 5.57 Å². The van der Waals surface area contributed by atoms with Gasteiger partial charge in [-0.25, -0.2) is 0 Å². The summed E-state index contributed by atoms with van der Waals surface area (Å²) in [5, 5.41) is 0. The Morgan fingerprint density at radius 1 is 1.00 bits per heavy atom. The summed E-state index contributed by atoms with van der Waals surface area (Å²) in [6.45, 7) is 8.36. The van der Waals surface area contributed by atoms with Crippen LogP contribution in [0.5, 0.6) is 0 Å². The Kier molecular flexibility index (Phi) is 3.01. The fourth-order valence-electron chi connectivity index (χ4n) is 1.98. The zero-order chi connectivity index (χ0) is 12.4. The summed E-state index contributed by atoms with van der Waals surface area (Å²) in [4.78, 5) is 0. The molecule has 2 aromatic carbocycles. The van der Waals surface area contributed by atoms with E-state index in [0.717, 1.165) is 16.8 Å². The lowest BCUT2D eigenvalue weighted by Gasteiger charge is -2.12. The van der Waals surface area contributed by atoms with Gasteiger partial charge in [0.2, 0.25) is 0 Å². The molecule has 0 heterocycles. The summed E-state index contributed by atoms with van der Waals surface area (Å²) >= 11 is 0. The maximum atomic E-state index is 5.99. The second-order valence-electron chi connectivity index (χ2n) is 4.38. The Balaban J connectivity index is 2.51. The Hall–Kier alpha value is -2.02. The molecule has 2 N–H and O–H groups in total. The number of anilines is 1. The van der Waals surface area contributed by atoms with Crippen molar-refractivity contribution in [1.29, 1.82) is 0 Å². The smallest absolute Gasteiger partial charge is 0.0393 e. The summed E-state index contributed by atoms with van der Waals surface area (Å²) in [5.74, 6) is 0. The van der Waals surface area contributed by atoms with Crippen molar-refractivity contribution in [3.8, 4) is 0 Å². The Morgan fingerprint density at radius 2 is 1.71 bits per heavy atom. The molecule has 0 bridgehead atoms. The largest absolute Gasteiger partial charge is 0.398 e. The highest BCUT2D eigenvalue weighted by Gasteiger charge is 2.08. The van der Waals surface area contributed by atoms with Gasteiger partial charge in [-0.1, -0.05) is 48.5 Å². The van der Waals surface area contributed by atoms with E-state index >= 15 is 0 Å². The number of rotatable bonds is 2. The van der Waals surface area contributed by atoms with Gasteiger partial charge >= 0.3 is 0 Å². The first-order valence-corrected chi connectivity index (χ1v) is 5.71. The summed E-state index contributed by atoms with van der Waals surface area (Å²) in [7, 11) is 0. The van der Waals surface area contributed by atoms with Crippen LogP contribution in [-0.4, -0.2) is 0 Å². The maximum Gasteiger partial charge on any atom is 0.0393 e. The number of hydrogen-bond acceptors (Lipinski definition) is 1. The van der Waals surface area contributed by atoms with Crippen LogP contribution in [-0.2, 0) is 0 Å². The van der Waals surface area contributed by atoms with Crippen molar-refractivity contribution in [1.82, 2.24) is 0 Å². The second-order valence-corrected chi connectivity index (χ2v) is 4.38. The van der Waals surface area contributed by atoms with Gasteiger partial charge in [0.1, 0.15) is 0 Å². The molecule has 0 aliphatic rings. The van der Waals surface area contributed by atoms with E-state index in [1.54, 1.807) is 0 Å². The van der Waals surface area contributed by atoms with Gasteiger partial charge in [0.25, 0.3) is 0 Å². The van der Waals surface area contributed by atoms with Crippen molar-refractivity contribution < 1.29 is 0 Å². The van der Waals surface area contributed by atoms with E-state index in [1.165, 1.54) is 16.7 Å². The molecule has 0 aliphatic carbocycles. The zero-order valence-corrected chi connectivity index (χ0v) is 10.3. The molecule has 1 heteroatoms. The number of benzene rings is 2. The van der Waals surface area contributed by atoms with Crippen LogP contribution in [0.1, 0.15) is 22.3 Å². The molecule has 0 spiro atoms. The van der Waals surface area contributed by atoms with Crippen LogP contribution in [0.2, 0.25) is 0 Å². The fraction of sp³-hybridized carbons (Fsp3) is 0.125. The van der Waals surface area contributed by atoms with E-state index < -0.39 is 0 Å². The molecule has 17 heavy (non-hydrogen) atoms. The average Bonchev–Trinajstić information content (AvgIpc) is 2.32. The second kappa shape index (κ2) is 4.46. The molecular weight excluding hydrogens is 206 g/mol. The summed E-state index contributed by atoms with van der Waals surface area (Å²) in [6.07, 6.45) is 0. The molecule has 0 aromatic heterocycles. The van der Waals surface area contributed by atoms with Gasteiger partial charge in [0.15, 0.2) is 0 Å². The molecule has 0 unspecified atom stereocenters. The molecule has 2 aromatic rings. The van der Waals surface area contributed by atoms with Crippen LogP contribution >= 0.6 is 0 Å². The highest BCUT2D eigenvalue weighted by Crippen LogP contribution is 2.28. The Morgan fingerprint density at radius 3 is 2.41 bits per heavy atom. The first kappa shape index (κ1) is 11.5. The van der Waals surface area contributed by atoms with Crippen LogP contribution in [0, 0.1) is 13.8 Å². The van der Waals surface area contributed by atoms with Crippen molar-refractivity contribution in [3.63, 3.8) is 0 Å². The quantitative estimate of drug-likeness (QED) is 0.766. The molecule has 2 rings (SSSR count). The standard InChI is InChI=1S/C16H17N/c1-11-8-9-12(2)15(10-11)13(3)14-6-4-5-7-16(14)17/h4-10H,3,17H2,1-2H3. The van der Waals surface area contributed by atoms with E-state index in [4.69, 9.17) is 5.73 Å². The maximum absolute atomic E-state index is 5.99. The molecule has 0 aliphatic heterocycles. The summed E-state index contributed by atoms with van der Waals surface area (Å²) in [6, 6.07) is 14.2. The lowest BCUT2D eigenvalue weighted by Crippen LogP contribution is -1.96. The fourth-order valence-corrected chi connectivity index (χ4v) is 1.98. The third-order valence-corrected chi connectivity index (χ3v) is 3.00. The van der Waals surface area contributed by atoms with Gasteiger partial charge < -0.3 is 5.73 Å². The molecule has 0 saturated heterocycles. The summed E-state index contributed by atoms with van der Waals surface area (Å²) < 4.78 is 0. The lowest BCUT2D eigenvalue weighted by atomic mass is 9.93. The third kappa shape index (κ3) is 2.23. The van der Waals surface area contributed by atoms with Gasteiger partial charge in [0.05, 0.1) is 0 Å². The minimum absolute atomic E-state index is 0.776. The summed E-state index contributed by atoms with van der Waals surface area (Å²) in [5.41, 5.74) is 12.4. The Bertz CT molecular complexity index is 567. The number of aryl methyl sites for hydroxylation is 2. The monoisotopic (exact) mass is 223 g/mol. The van der Waals surface area contributed by atoms with Crippen molar-refractivity contribution >= 4 is 11.3 Å². The first-order valence-electron chi connectivity index (χ1n) is 5.71. The molecule has 86 valence electrons. The third-order valence-electron chi connectivity index (χ3n) is 3.00. The normalized spacial score (nSPS) is 10.2. The molecule has 0 amide bonds. The van der Waals surface area contributed by atoms with Crippen LogP contribution in [0.15, 0.2) is 49.0 Å². The highest BCUT2D eigenvalue weighted by atomic mass is 14.6. The van der Waals surface area contributed by atoms with Gasteiger partial charge in [-0.15, -0.1) is 0 Å². The zero-order valence-electron chi connectivity index (χ0n) is 10.3.